The van der Waals surface area contributed by atoms with E-state index in [0.29, 0.717) is 39.5 Å². The van der Waals surface area contributed by atoms with E-state index < -0.39 is 0 Å². The lowest BCUT2D eigenvalue weighted by atomic mass is 10.2. The Bertz CT molecular complexity index is 1100. The minimum atomic E-state index is -0.207. The Balaban J connectivity index is 1.39. The molecule has 0 bridgehead atoms. The third kappa shape index (κ3) is 4.61. The average molecular weight is 462 g/mol. The van der Waals surface area contributed by atoms with Gasteiger partial charge in [-0.2, -0.15) is 0 Å². The second-order valence-corrected chi connectivity index (χ2v) is 8.40. The fourth-order valence-corrected chi connectivity index (χ4v) is 4.36. The normalized spacial score (nSPS) is 13.7. The summed E-state index contributed by atoms with van der Waals surface area (Å²) < 4.78 is 1.77. The Labute approximate surface area is 187 Å². The summed E-state index contributed by atoms with van der Waals surface area (Å²) in [5.74, 6) is -0.000850. The molecule has 30 heavy (non-hydrogen) atoms. The third-order valence-corrected chi connectivity index (χ3v) is 6.01. The molecular weight excluding hydrogens is 445 g/mol. The summed E-state index contributed by atoms with van der Waals surface area (Å²) in [5, 5.41) is 12.4. The number of hydrogen-bond acceptors (Lipinski definition) is 5. The van der Waals surface area contributed by atoms with E-state index in [9.17, 15) is 9.59 Å². The lowest BCUT2D eigenvalue weighted by Gasteiger charge is -2.18. The predicted octanol–water partition coefficient (Wildman–Crippen LogP) is 4.43. The van der Waals surface area contributed by atoms with Gasteiger partial charge in [-0.3, -0.25) is 14.2 Å². The van der Waals surface area contributed by atoms with E-state index in [0.717, 1.165) is 12.1 Å². The van der Waals surface area contributed by atoms with Gasteiger partial charge in [0.15, 0.2) is 5.16 Å². The Morgan fingerprint density at radius 2 is 2.07 bits per heavy atom. The Hall–Kier alpha value is -2.55. The molecule has 0 spiro atoms. The highest BCUT2D eigenvalue weighted by atomic mass is 35.5. The molecule has 1 aliphatic heterocycles. The van der Waals surface area contributed by atoms with Gasteiger partial charge in [-0.05, 0) is 42.8 Å². The molecule has 0 atom stereocenters. The van der Waals surface area contributed by atoms with Gasteiger partial charge in [-0.1, -0.05) is 41.0 Å². The first-order valence-electron chi connectivity index (χ1n) is 9.20. The van der Waals surface area contributed by atoms with Crippen LogP contribution in [0.15, 0.2) is 53.9 Å². The molecule has 7 nitrogen and oxygen atoms in total. The van der Waals surface area contributed by atoms with Gasteiger partial charge in [0.05, 0.1) is 22.2 Å². The van der Waals surface area contributed by atoms with Crippen molar-refractivity contribution in [1.82, 2.24) is 14.8 Å². The van der Waals surface area contributed by atoms with E-state index in [1.165, 1.54) is 11.8 Å². The zero-order valence-corrected chi connectivity index (χ0v) is 18.0. The maximum atomic E-state index is 12.4. The van der Waals surface area contributed by atoms with Crippen molar-refractivity contribution >= 4 is 58.2 Å². The maximum Gasteiger partial charge on any atom is 0.234 e. The van der Waals surface area contributed by atoms with Crippen molar-refractivity contribution in [2.45, 2.75) is 18.0 Å². The topological polar surface area (TPSA) is 80.1 Å². The molecule has 10 heteroatoms. The summed E-state index contributed by atoms with van der Waals surface area (Å²) in [5.41, 5.74) is 2.05. The molecule has 2 amide bonds. The van der Waals surface area contributed by atoms with Gasteiger partial charge in [-0.15, -0.1) is 10.2 Å². The monoisotopic (exact) mass is 461 g/mol. The van der Waals surface area contributed by atoms with E-state index in [1.54, 1.807) is 46.1 Å². The number of amides is 2. The molecule has 0 aliphatic carbocycles. The van der Waals surface area contributed by atoms with Gasteiger partial charge in [0.2, 0.25) is 11.8 Å². The van der Waals surface area contributed by atoms with Crippen molar-refractivity contribution < 1.29 is 9.59 Å². The Morgan fingerprint density at radius 1 is 1.20 bits per heavy atom. The minimum Gasteiger partial charge on any atom is -0.325 e. The molecule has 1 aromatic heterocycles. The van der Waals surface area contributed by atoms with Gasteiger partial charge in [0.25, 0.3) is 0 Å². The number of nitrogens with zero attached hydrogens (tertiary/aromatic N) is 4. The smallest absolute Gasteiger partial charge is 0.234 e. The van der Waals surface area contributed by atoms with Crippen LogP contribution in [0.25, 0.3) is 5.69 Å². The summed E-state index contributed by atoms with van der Waals surface area (Å²) in [6, 6.07) is 12.4. The summed E-state index contributed by atoms with van der Waals surface area (Å²) in [6.45, 7) is 0.661. The first kappa shape index (κ1) is 20.7. The summed E-state index contributed by atoms with van der Waals surface area (Å²) >= 11 is 13.6. The number of anilines is 2. The van der Waals surface area contributed by atoms with Gasteiger partial charge in [0, 0.05) is 23.7 Å². The second-order valence-electron chi connectivity index (χ2n) is 6.62. The van der Waals surface area contributed by atoms with E-state index in [1.807, 2.05) is 12.1 Å². The first-order valence-corrected chi connectivity index (χ1v) is 10.9. The molecule has 0 radical (unpaired) electrons. The molecule has 1 fully saturated rings. The van der Waals surface area contributed by atoms with Crippen molar-refractivity contribution in [1.29, 1.82) is 0 Å². The quantitative estimate of drug-likeness (QED) is 0.549. The number of benzene rings is 2. The van der Waals surface area contributed by atoms with E-state index >= 15 is 0 Å². The molecule has 1 aliphatic rings. The SMILES string of the molecule is O=C(CSc1nncn1-c1cccc(Cl)c1)Nc1ccc(N2CCCC2=O)c(Cl)c1. The molecular formula is C20H17Cl2N5O2S. The highest BCUT2D eigenvalue weighted by molar-refractivity contribution is 7.99. The van der Waals surface area contributed by atoms with Crippen molar-refractivity contribution in [3.63, 3.8) is 0 Å². The minimum absolute atomic E-state index is 0.0638. The zero-order valence-electron chi connectivity index (χ0n) is 15.7. The number of carbonyl (C=O) groups is 2. The van der Waals surface area contributed by atoms with Crippen LogP contribution in [0.3, 0.4) is 0 Å². The van der Waals surface area contributed by atoms with E-state index in [2.05, 4.69) is 15.5 Å². The average Bonchev–Trinajstić information content (AvgIpc) is 3.35. The number of carbonyl (C=O) groups excluding carboxylic acids is 2. The van der Waals surface area contributed by atoms with Crippen LogP contribution in [0, 0.1) is 0 Å². The van der Waals surface area contributed by atoms with E-state index in [4.69, 9.17) is 23.2 Å². The second kappa shape index (κ2) is 9.07. The zero-order chi connectivity index (χ0) is 21.1. The van der Waals surface area contributed by atoms with Gasteiger partial charge in [0.1, 0.15) is 6.33 Å². The molecule has 2 aromatic carbocycles. The standard InChI is InChI=1S/C20H17Cl2N5O2S/c21-13-3-1-4-15(9-13)27-12-23-25-20(27)30-11-18(28)24-14-6-7-17(16(22)10-14)26-8-2-5-19(26)29/h1,3-4,6-7,9-10,12H,2,5,8,11H2,(H,24,28). The molecule has 154 valence electrons. The number of thioether (sulfide) groups is 1. The third-order valence-electron chi connectivity index (χ3n) is 4.53. The van der Waals surface area contributed by atoms with Crippen molar-refractivity contribution in [2.75, 3.05) is 22.5 Å². The van der Waals surface area contributed by atoms with Gasteiger partial charge >= 0.3 is 0 Å². The number of rotatable bonds is 6. The number of hydrogen-bond donors (Lipinski definition) is 1. The van der Waals surface area contributed by atoms with Crippen LogP contribution >= 0.6 is 35.0 Å². The summed E-state index contributed by atoms with van der Waals surface area (Å²) in [6.07, 6.45) is 2.93. The lowest BCUT2D eigenvalue weighted by Crippen LogP contribution is -2.24. The van der Waals surface area contributed by atoms with Crippen LogP contribution in [-0.2, 0) is 9.59 Å². The molecule has 2 heterocycles. The van der Waals surface area contributed by atoms with Crippen molar-refractivity contribution in [3.05, 3.63) is 58.8 Å². The highest BCUT2D eigenvalue weighted by Gasteiger charge is 2.23. The van der Waals surface area contributed by atoms with Crippen LogP contribution in [0.4, 0.5) is 11.4 Å². The van der Waals surface area contributed by atoms with Crippen LogP contribution in [0.1, 0.15) is 12.8 Å². The van der Waals surface area contributed by atoms with Crippen molar-refractivity contribution in [2.24, 2.45) is 0 Å². The van der Waals surface area contributed by atoms with Crippen LogP contribution in [0.5, 0.6) is 0 Å². The number of aromatic nitrogens is 3. The molecule has 0 saturated carbocycles. The molecule has 1 saturated heterocycles. The van der Waals surface area contributed by atoms with Crippen LogP contribution < -0.4 is 10.2 Å². The highest BCUT2D eigenvalue weighted by Crippen LogP contribution is 2.32. The Morgan fingerprint density at radius 3 is 2.80 bits per heavy atom. The summed E-state index contributed by atoms with van der Waals surface area (Å²) in [4.78, 5) is 26.0. The maximum absolute atomic E-state index is 12.4. The van der Waals surface area contributed by atoms with E-state index in [-0.39, 0.29) is 17.6 Å². The van der Waals surface area contributed by atoms with Gasteiger partial charge < -0.3 is 10.2 Å². The van der Waals surface area contributed by atoms with Crippen molar-refractivity contribution in [3.8, 4) is 5.69 Å². The fourth-order valence-electron chi connectivity index (χ4n) is 3.16. The molecule has 3 aromatic rings. The first-order chi connectivity index (χ1) is 14.5. The fraction of sp³-hybridized carbons (Fsp3) is 0.200. The van der Waals surface area contributed by atoms with Gasteiger partial charge in [-0.25, -0.2) is 0 Å². The van der Waals surface area contributed by atoms with Crippen LogP contribution in [-0.4, -0.2) is 38.9 Å². The largest absolute Gasteiger partial charge is 0.325 e. The van der Waals surface area contributed by atoms with Crippen LogP contribution in [0.2, 0.25) is 10.0 Å². The Kier molecular flexibility index (Phi) is 6.26. The molecule has 4 rings (SSSR count). The predicted molar refractivity (Wildman–Crippen MR) is 119 cm³/mol. The molecule has 0 unspecified atom stereocenters. The lowest BCUT2D eigenvalue weighted by molar-refractivity contribution is -0.117. The number of nitrogens with one attached hydrogen (secondary N) is 1. The summed E-state index contributed by atoms with van der Waals surface area (Å²) in [7, 11) is 0. The number of halogens is 2. The molecule has 1 N–H and O–H groups in total.